The van der Waals surface area contributed by atoms with Gasteiger partial charge in [-0.15, -0.1) is 0 Å². The molecule has 0 amide bonds. The van der Waals surface area contributed by atoms with Crippen LogP contribution in [-0.4, -0.2) is 49.1 Å². The van der Waals surface area contributed by atoms with Crippen molar-refractivity contribution in [2.75, 3.05) is 31.6 Å². The summed E-state index contributed by atoms with van der Waals surface area (Å²) in [6.45, 7) is 3.55. The van der Waals surface area contributed by atoms with Crippen molar-refractivity contribution >= 4 is 15.8 Å². The summed E-state index contributed by atoms with van der Waals surface area (Å²) in [5.74, 6) is 0.595. The van der Waals surface area contributed by atoms with Gasteiger partial charge in [-0.2, -0.15) is 4.31 Å². The molecular weight excluding hydrogens is 278 g/mol. The first kappa shape index (κ1) is 15.2. The number of piperidine rings is 1. The zero-order valence-electron chi connectivity index (χ0n) is 11.6. The maximum absolute atomic E-state index is 12.6. The summed E-state index contributed by atoms with van der Waals surface area (Å²) in [6.07, 6.45) is 3.16. The zero-order chi connectivity index (χ0) is 14.6. The summed E-state index contributed by atoms with van der Waals surface area (Å²) < 4.78 is 26.6. The second-order valence-electron chi connectivity index (χ2n) is 4.96. The Bertz CT molecular complexity index is 548. The van der Waals surface area contributed by atoms with Gasteiger partial charge in [-0.3, -0.25) is 0 Å². The third-order valence-electron chi connectivity index (χ3n) is 3.47. The lowest BCUT2D eigenvalue weighted by Gasteiger charge is -2.30. The maximum atomic E-state index is 12.6. The Morgan fingerprint density at radius 3 is 3.05 bits per heavy atom. The molecule has 7 heteroatoms. The largest absolute Gasteiger partial charge is 0.396 e. The summed E-state index contributed by atoms with van der Waals surface area (Å²) in [6, 6.07) is 3.07. The minimum absolute atomic E-state index is 0.0327. The number of pyridine rings is 1. The number of hydrogen-bond donors (Lipinski definition) is 2. The molecule has 1 aromatic heterocycles. The minimum atomic E-state index is -3.50. The van der Waals surface area contributed by atoms with Gasteiger partial charge in [0.2, 0.25) is 10.0 Å². The normalized spacial score (nSPS) is 20.8. The third kappa shape index (κ3) is 3.28. The quantitative estimate of drug-likeness (QED) is 0.844. The van der Waals surface area contributed by atoms with Gasteiger partial charge in [-0.05, 0) is 31.7 Å². The number of sulfonamides is 1. The van der Waals surface area contributed by atoms with Gasteiger partial charge in [0.25, 0.3) is 0 Å². The van der Waals surface area contributed by atoms with Crippen LogP contribution >= 0.6 is 0 Å². The minimum Gasteiger partial charge on any atom is -0.396 e. The second-order valence-corrected chi connectivity index (χ2v) is 6.90. The van der Waals surface area contributed by atoms with Crippen molar-refractivity contribution in [3.8, 4) is 0 Å². The van der Waals surface area contributed by atoms with E-state index in [0.29, 0.717) is 25.5 Å². The van der Waals surface area contributed by atoms with Gasteiger partial charge in [0, 0.05) is 38.5 Å². The third-order valence-corrected chi connectivity index (χ3v) is 5.33. The lowest BCUT2D eigenvalue weighted by molar-refractivity contribution is 0.165. The predicted molar refractivity (Wildman–Crippen MR) is 77.0 cm³/mol. The molecule has 2 N–H and O–H groups in total. The van der Waals surface area contributed by atoms with Crippen molar-refractivity contribution in [3.05, 3.63) is 18.3 Å². The lowest BCUT2D eigenvalue weighted by atomic mass is 10.0. The Kier molecular flexibility index (Phi) is 4.95. The van der Waals surface area contributed by atoms with Gasteiger partial charge >= 0.3 is 0 Å². The molecule has 1 aliphatic rings. The van der Waals surface area contributed by atoms with Crippen LogP contribution in [0.15, 0.2) is 23.2 Å². The summed E-state index contributed by atoms with van der Waals surface area (Å²) in [5, 5.41) is 12.2. The van der Waals surface area contributed by atoms with Crippen LogP contribution in [0.2, 0.25) is 0 Å². The monoisotopic (exact) mass is 299 g/mol. The fraction of sp³-hybridized carbons (Fsp3) is 0.615. The Morgan fingerprint density at radius 2 is 2.35 bits per heavy atom. The number of anilines is 1. The van der Waals surface area contributed by atoms with Crippen molar-refractivity contribution in [1.82, 2.24) is 9.29 Å². The first-order chi connectivity index (χ1) is 9.57. The molecule has 1 aromatic rings. The van der Waals surface area contributed by atoms with E-state index in [1.54, 1.807) is 6.07 Å². The molecule has 6 nitrogen and oxygen atoms in total. The van der Waals surface area contributed by atoms with Gasteiger partial charge in [-0.25, -0.2) is 13.4 Å². The van der Waals surface area contributed by atoms with Crippen molar-refractivity contribution < 1.29 is 13.5 Å². The van der Waals surface area contributed by atoms with Gasteiger partial charge in [0.15, 0.2) is 0 Å². The molecule has 0 aromatic carbocycles. The highest BCUT2D eigenvalue weighted by molar-refractivity contribution is 7.89. The average Bonchev–Trinajstić information content (AvgIpc) is 2.48. The molecule has 2 rings (SSSR count). The molecule has 1 atom stereocenters. The lowest BCUT2D eigenvalue weighted by Crippen LogP contribution is -2.40. The van der Waals surface area contributed by atoms with E-state index in [9.17, 15) is 13.5 Å². The Labute approximate surface area is 119 Å². The topological polar surface area (TPSA) is 82.5 Å². The average molecular weight is 299 g/mol. The van der Waals surface area contributed by atoms with E-state index in [-0.39, 0.29) is 17.4 Å². The van der Waals surface area contributed by atoms with E-state index in [0.717, 1.165) is 12.8 Å². The smallest absolute Gasteiger partial charge is 0.243 e. The number of aliphatic hydroxyl groups excluding tert-OH is 1. The Hall–Kier alpha value is -1.18. The fourth-order valence-corrected chi connectivity index (χ4v) is 3.96. The molecule has 1 aliphatic heterocycles. The first-order valence-corrected chi connectivity index (χ1v) is 8.33. The zero-order valence-corrected chi connectivity index (χ0v) is 12.4. The van der Waals surface area contributed by atoms with Gasteiger partial charge in [0.05, 0.1) is 4.90 Å². The van der Waals surface area contributed by atoms with E-state index < -0.39 is 10.0 Å². The molecule has 0 bridgehead atoms. The second kappa shape index (κ2) is 6.51. The molecule has 1 saturated heterocycles. The van der Waals surface area contributed by atoms with Crippen molar-refractivity contribution in [1.29, 1.82) is 0 Å². The summed E-state index contributed by atoms with van der Waals surface area (Å²) in [7, 11) is -3.50. The van der Waals surface area contributed by atoms with Crippen LogP contribution in [0.1, 0.15) is 19.8 Å². The Morgan fingerprint density at radius 1 is 1.55 bits per heavy atom. The molecule has 0 aliphatic carbocycles. The molecule has 2 heterocycles. The van der Waals surface area contributed by atoms with Crippen LogP contribution in [0.3, 0.4) is 0 Å². The number of aromatic nitrogens is 1. The van der Waals surface area contributed by atoms with Crippen molar-refractivity contribution in [3.63, 3.8) is 0 Å². The van der Waals surface area contributed by atoms with E-state index in [1.165, 1.54) is 16.6 Å². The number of nitrogens with zero attached hydrogens (tertiary/aromatic N) is 2. The highest BCUT2D eigenvalue weighted by Crippen LogP contribution is 2.24. The number of hydrogen-bond acceptors (Lipinski definition) is 5. The van der Waals surface area contributed by atoms with Crippen LogP contribution in [0.25, 0.3) is 0 Å². The predicted octanol–water partition coefficient (Wildman–Crippen LogP) is 0.906. The van der Waals surface area contributed by atoms with Crippen LogP contribution < -0.4 is 5.32 Å². The number of nitrogens with one attached hydrogen (secondary N) is 1. The molecule has 1 fully saturated rings. The summed E-state index contributed by atoms with van der Waals surface area (Å²) in [4.78, 5) is 4.34. The van der Waals surface area contributed by atoms with Gasteiger partial charge < -0.3 is 10.4 Å². The van der Waals surface area contributed by atoms with E-state index in [2.05, 4.69) is 10.3 Å². The number of aliphatic hydroxyl groups is 1. The van der Waals surface area contributed by atoms with Gasteiger partial charge in [0.1, 0.15) is 5.82 Å². The molecule has 0 saturated carbocycles. The van der Waals surface area contributed by atoms with E-state index in [1.807, 2.05) is 6.92 Å². The van der Waals surface area contributed by atoms with Crippen molar-refractivity contribution in [2.45, 2.75) is 24.7 Å². The molecule has 0 radical (unpaired) electrons. The number of rotatable bonds is 5. The van der Waals surface area contributed by atoms with E-state index >= 15 is 0 Å². The van der Waals surface area contributed by atoms with Crippen LogP contribution in [-0.2, 0) is 10.0 Å². The van der Waals surface area contributed by atoms with Crippen molar-refractivity contribution in [2.24, 2.45) is 5.92 Å². The molecule has 0 spiro atoms. The molecule has 1 unspecified atom stereocenters. The summed E-state index contributed by atoms with van der Waals surface area (Å²) >= 11 is 0. The first-order valence-electron chi connectivity index (χ1n) is 6.89. The van der Waals surface area contributed by atoms with Crippen LogP contribution in [0, 0.1) is 5.92 Å². The highest BCUT2D eigenvalue weighted by atomic mass is 32.2. The Balaban J connectivity index is 2.23. The SMILES string of the molecule is CCNc1cc(S(=O)(=O)N2CCCC(CO)C2)ccn1. The van der Waals surface area contributed by atoms with Gasteiger partial charge in [-0.1, -0.05) is 0 Å². The highest BCUT2D eigenvalue weighted by Gasteiger charge is 2.30. The molecule has 112 valence electrons. The van der Waals surface area contributed by atoms with Crippen LogP contribution in [0.4, 0.5) is 5.82 Å². The maximum Gasteiger partial charge on any atom is 0.243 e. The summed E-state index contributed by atoms with van der Waals surface area (Å²) in [5.41, 5.74) is 0. The molecule has 20 heavy (non-hydrogen) atoms. The molecular formula is C13H21N3O3S. The van der Waals surface area contributed by atoms with E-state index in [4.69, 9.17) is 0 Å². The fourth-order valence-electron chi connectivity index (χ4n) is 2.39. The van der Waals surface area contributed by atoms with Crippen LogP contribution in [0.5, 0.6) is 0 Å². The standard InChI is InChI=1S/C13H21N3O3S/c1-2-14-13-8-12(5-6-15-13)20(18,19)16-7-3-4-11(9-16)10-17/h5-6,8,11,17H,2-4,7,9-10H2,1H3,(H,14,15).